The standard InChI is InChI=1S/C19H23ClN2O4S/c1-5-13-7-9-16(20)15(6-2)19(13)22-27(24,25)14-8-10-18(26-4)17(11-14)21-12(3)23/h7-11,22H,5-6H2,1-4H3,(H,21,23). The summed E-state index contributed by atoms with van der Waals surface area (Å²) in [6.07, 6.45) is 1.24. The predicted molar refractivity (Wildman–Crippen MR) is 108 cm³/mol. The van der Waals surface area contributed by atoms with Crippen LogP contribution < -0.4 is 14.8 Å². The van der Waals surface area contributed by atoms with Crippen LogP contribution in [0.4, 0.5) is 11.4 Å². The van der Waals surface area contributed by atoms with E-state index >= 15 is 0 Å². The highest BCUT2D eigenvalue weighted by atomic mass is 35.5. The van der Waals surface area contributed by atoms with Crippen LogP contribution >= 0.6 is 11.6 Å². The van der Waals surface area contributed by atoms with E-state index in [0.717, 1.165) is 11.1 Å². The maximum absolute atomic E-state index is 13.0. The summed E-state index contributed by atoms with van der Waals surface area (Å²) in [4.78, 5) is 11.4. The van der Waals surface area contributed by atoms with E-state index in [-0.39, 0.29) is 16.5 Å². The van der Waals surface area contributed by atoms with E-state index in [1.54, 1.807) is 6.07 Å². The van der Waals surface area contributed by atoms with Crippen LogP contribution in [0.5, 0.6) is 5.75 Å². The zero-order valence-corrected chi connectivity index (χ0v) is 17.3. The number of aryl methyl sites for hydroxylation is 1. The van der Waals surface area contributed by atoms with Gasteiger partial charge >= 0.3 is 0 Å². The summed E-state index contributed by atoms with van der Waals surface area (Å²) >= 11 is 6.26. The fraction of sp³-hybridized carbons (Fsp3) is 0.316. The Kier molecular flexibility index (Phi) is 6.73. The van der Waals surface area contributed by atoms with Gasteiger partial charge in [0.05, 0.1) is 23.4 Å². The summed E-state index contributed by atoms with van der Waals surface area (Å²) in [5, 5.41) is 3.09. The number of anilines is 2. The van der Waals surface area contributed by atoms with Gasteiger partial charge in [-0.1, -0.05) is 31.5 Å². The Morgan fingerprint density at radius 3 is 2.41 bits per heavy atom. The first kappa shape index (κ1) is 21.1. The topological polar surface area (TPSA) is 84.5 Å². The summed E-state index contributed by atoms with van der Waals surface area (Å²) in [5.41, 5.74) is 2.39. The van der Waals surface area contributed by atoms with Crippen molar-refractivity contribution >= 4 is 38.9 Å². The second-order valence-corrected chi connectivity index (χ2v) is 8.01. The molecule has 2 N–H and O–H groups in total. The maximum Gasteiger partial charge on any atom is 0.261 e. The molecule has 0 aliphatic carbocycles. The number of carbonyl (C=O) groups excluding carboxylic acids is 1. The van der Waals surface area contributed by atoms with E-state index in [0.29, 0.717) is 29.3 Å². The van der Waals surface area contributed by atoms with Crippen molar-refractivity contribution in [1.29, 1.82) is 0 Å². The number of rotatable bonds is 7. The van der Waals surface area contributed by atoms with Crippen molar-refractivity contribution in [2.75, 3.05) is 17.1 Å². The molecule has 0 atom stereocenters. The van der Waals surface area contributed by atoms with E-state index in [4.69, 9.17) is 16.3 Å². The molecule has 2 aromatic rings. The number of nitrogens with one attached hydrogen (secondary N) is 2. The molecule has 0 aliphatic heterocycles. The molecule has 27 heavy (non-hydrogen) atoms. The lowest BCUT2D eigenvalue weighted by molar-refractivity contribution is -0.114. The summed E-state index contributed by atoms with van der Waals surface area (Å²) in [7, 11) is -2.45. The first-order chi connectivity index (χ1) is 12.7. The van der Waals surface area contributed by atoms with Gasteiger partial charge in [0.2, 0.25) is 5.91 Å². The zero-order chi connectivity index (χ0) is 20.2. The third-order valence-corrected chi connectivity index (χ3v) is 5.81. The number of benzene rings is 2. The summed E-state index contributed by atoms with van der Waals surface area (Å²) < 4.78 is 33.8. The van der Waals surface area contributed by atoms with Gasteiger partial charge in [0, 0.05) is 11.9 Å². The Bertz CT molecular complexity index is 958. The highest BCUT2D eigenvalue weighted by Gasteiger charge is 2.21. The number of hydrogen-bond acceptors (Lipinski definition) is 4. The highest BCUT2D eigenvalue weighted by molar-refractivity contribution is 7.92. The van der Waals surface area contributed by atoms with E-state index in [2.05, 4.69) is 10.0 Å². The molecule has 8 heteroatoms. The molecular formula is C19H23ClN2O4S. The molecule has 1 amide bonds. The van der Waals surface area contributed by atoms with E-state index in [1.165, 1.54) is 32.2 Å². The van der Waals surface area contributed by atoms with Crippen LogP contribution in [0.2, 0.25) is 5.02 Å². The van der Waals surface area contributed by atoms with Gasteiger partial charge in [-0.25, -0.2) is 8.42 Å². The fourth-order valence-electron chi connectivity index (χ4n) is 2.77. The first-order valence-electron chi connectivity index (χ1n) is 8.52. The van der Waals surface area contributed by atoms with Gasteiger partial charge in [0.1, 0.15) is 5.75 Å². The van der Waals surface area contributed by atoms with Crippen molar-refractivity contribution in [1.82, 2.24) is 0 Å². The Morgan fingerprint density at radius 1 is 1.15 bits per heavy atom. The molecule has 0 heterocycles. The van der Waals surface area contributed by atoms with Gasteiger partial charge in [-0.15, -0.1) is 0 Å². The van der Waals surface area contributed by atoms with Crippen LogP contribution in [0.15, 0.2) is 35.2 Å². The van der Waals surface area contributed by atoms with Crippen molar-refractivity contribution < 1.29 is 17.9 Å². The molecule has 0 aromatic heterocycles. The Hall–Kier alpha value is -2.25. The average Bonchev–Trinajstić information content (AvgIpc) is 2.61. The number of halogens is 1. The average molecular weight is 411 g/mol. The molecule has 0 saturated carbocycles. The highest BCUT2D eigenvalue weighted by Crippen LogP contribution is 2.33. The van der Waals surface area contributed by atoms with E-state index < -0.39 is 10.0 Å². The van der Waals surface area contributed by atoms with Gasteiger partial charge in [0.15, 0.2) is 0 Å². The Balaban J connectivity index is 2.52. The van der Waals surface area contributed by atoms with Crippen molar-refractivity contribution in [3.8, 4) is 5.75 Å². The van der Waals surface area contributed by atoms with Gasteiger partial charge in [-0.2, -0.15) is 0 Å². The lowest BCUT2D eigenvalue weighted by Gasteiger charge is -2.18. The minimum atomic E-state index is -3.89. The van der Waals surface area contributed by atoms with Gasteiger partial charge < -0.3 is 10.1 Å². The Labute approximate surface area is 164 Å². The predicted octanol–water partition coefficient (Wildman–Crippen LogP) is 4.23. The third kappa shape index (κ3) is 4.73. The van der Waals surface area contributed by atoms with Crippen molar-refractivity contribution in [3.05, 3.63) is 46.5 Å². The number of carbonyl (C=O) groups is 1. The van der Waals surface area contributed by atoms with Crippen molar-refractivity contribution in [2.24, 2.45) is 0 Å². The van der Waals surface area contributed by atoms with E-state index in [9.17, 15) is 13.2 Å². The molecular weight excluding hydrogens is 388 g/mol. The first-order valence-corrected chi connectivity index (χ1v) is 10.4. The minimum absolute atomic E-state index is 0.0103. The third-order valence-electron chi connectivity index (χ3n) is 4.10. The quantitative estimate of drug-likeness (QED) is 0.715. The smallest absolute Gasteiger partial charge is 0.261 e. The normalized spacial score (nSPS) is 11.1. The molecule has 0 fully saturated rings. The molecule has 146 valence electrons. The molecule has 6 nitrogen and oxygen atoms in total. The lowest BCUT2D eigenvalue weighted by Crippen LogP contribution is -2.17. The van der Waals surface area contributed by atoms with E-state index in [1.807, 2.05) is 19.9 Å². The second kappa shape index (κ2) is 8.63. The number of amides is 1. The fourth-order valence-corrected chi connectivity index (χ4v) is 4.23. The lowest BCUT2D eigenvalue weighted by atomic mass is 10.0. The molecule has 0 saturated heterocycles. The van der Waals surface area contributed by atoms with Gasteiger partial charge in [0.25, 0.3) is 10.0 Å². The van der Waals surface area contributed by atoms with Crippen molar-refractivity contribution in [2.45, 2.75) is 38.5 Å². The van der Waals surface area contributed by atoms with Crippen LogP contribution in [0.3, 0.4) is 0 Å². The monoisotopic (exact) mass is 410 g/mol. The van der Waals surface area contributed by atoms with Gasteiger partial charge in [-0.05, 0) is 48.2 Å². The molecule has 0 aliphatic rings. The number of ether oxygens (including phenoxy) is 1. The number of sulfonamides is 1. The summed E-state index contributed by atoms with van der Waals surface area (Å²) in [5.74, 6) is 0.0441. The number of hydrogen-bond donors (Lipinski definition) is 2. The van der Waals surface area contributed by atoms with Gasteiger partial charge in [-0.3, -0.25) is 9.52 Å². The minimum Gasteiger partial charge on any atom is -0.495 e. The molecule has 2 rings (SSSR count). The summed E-state index contributed by atoms with van der Waals surface area (Å²) in [6.45, 7) is 5.20. The summed E-state index contributed by atoms with van der Waals surface area (Å²) in [6, 6.07) is 7.88. The molecule has 0 bridgehead atoms. The second-order valence-electron chi connectivity index (χ2n) is 5.92. The Morgan fingerprint density at radius 2 is 1.85 bits per heavy atom. The SMILES string of the molecule is CCc1ccc(Cl)c(CC)c1NS(=O)(=O)c1ccc(OC)c(NC(C)=O)c1. The zero-order valence-electron chi connectivity index (χ0n) is 15.7. The van der Waals surface area contributed by atoms with Crippen LogP contribution in [0, 0.1) is 0 Å². The van der Waals surface area contributed by atoms with Crippen LogP contribution in [-0.4, -0.2) is 21.4 Å². The molecule has 0 spiro atoms. The maximum atomic E-state index is 13.0. The largest absolute Gasteiger partial charge is 0.495 e. The molecule has 0 unspecified atom stereocenters. The van der Waals surface area contributed by atoms with Crippen LogP contribution in [0.1, 0.15) is 31.9 Å². The van der Waals surface area contributed by atoms with Crippen LogP contribution in [-0.2, 0) is 27.7 Å². The number of methoxy groups -OCH3 is 1. The molecule has 2 aromatic carbocycles. The van der Waals surface area contributed by atoms with Crippen LogP contribution in [0.25, 0.3) is 0 Å². The van der Waals surface area contributed by atoms with Crippen molar-refractivity contribution in [3.63, 3.8) is 0 Å². The molecule has 0 radical (unpaired) electrons.